The van der Waals surface area contributed by atoms with E-state index in [1.54, 1.807) is 24.3 Å². The maximum Gasteiger partial charge on any atom is 0.419 e. The molecule has 0 spiro atoms. The van der Waals surface area contributed by atoms with E-state index < -0.39 is 38.7 Å². The van der Waals surface area contributed by atoms with Gasteiger partial charge < -0.3 is 14.9 Å². The molecule has 2 aromatic rings. The Labute approximate surface area is 178 Å². The highest BCUT2D eigenvalue weighted by molar-refractivity contribution is 6.45. The molecule has 0 aliphatic rings. The number of amides is 1. The normalized spacial score (nSPS) is 11.9. The largest absolute Gasteiger partial charge is 0.472 e. The van der Waals surface area contributed by atoms with Crippen LogP contribution in [0.1, 0.15) is 16.7 Å². The van der Waals surface area contributed by atoms with Gasteiger partial charge in [0.15, 0.2) is 10.9 Å². The number of likely N-dealkylation sites (N-methyl/N-ethyl adjacent to an activating group) is 1. The molecule has 0 bridgehead atoms. The fourth-order valence-corrected chi connectivity index (χ4v) is 3.05. The number of benzene rings is 1. The Kier molecular flexibility index (Phi) is 7.56. The molecule has 0 atom stereocenters. The number of hydrogen-bond acceptors (Lipinski definition) is 5. The van der Waals surface area contributed by atoms with Crippen molar-refractivity contribution in [1.82, 2.24) is 10.3 Å². The van der Waals surface area contributed by atoms with Crippen LogP contribution in [0.15, 0.2) is 29.4 Å². The van der Waals surface area contributed by atoms with E-state index in [4.69, 9.17) is 44.4 Å². The van der Waals surface area contributed by atoms with Crippen LogP contribution < -0.4 is 10.1 Å². The second-order valence-electron chi connectivity index (χ2n) is 5.36. The Hall–Kier alpha value is -2.23. The number of carbonyl (C=O) groups excluding carboxylic acids is 1. The van der Waals surface area contributed by atoms with Crippen LogP contribution in [0.25, 0.3) is 0 Å². The van der Waals surface area contributed by atoms with Gasteiger partial charge >= 0.3 is 6.18 Å². The molecule has 0 fully saturated rings. The monoisotopic (exact) mass is 469 g/mol. The lowest BCUT2D eigenvalue weighted by molar-refractivity contribution is -0.137. The number of rotatable bonds is 6. The second-order valence-corrected chi connectivity index (χ2v) is 6.47. The fourth-order valence-electron chi connectivity index (χ4n) is 2.28. The summed E-state index contributed by atoms with van der Waals surface area (Å²) in [4.78, 5) is 20.4. The van der Waals surface area contributed by atoms with Crippen LogP contribution in [-0.2, 0) is 22.4 Å². The van der Waals surface area contributed by atoms with E-state index in [0.717, 1.165) is 0 Å². The highest BCUT2D eigenvalue weighted by atomic mass is 35.5. The molecule has 1 N–H and O–H groups in total. The molecule has 1 amide bonds. The van der Waals surface area contributed by atoms with Gasteiger partial charge in [-0.1, -0.05) is 64.2 Å². The van der Waals surface area contributed by atoms with Crippen LogP contribution in [0.2, 0.25) is 15.2 Å². The van der Waals surface area contributed by atoms with Gasteiger partial charge in [-0.2, -0.15) is 18.2 Å². The molecule has 156 valence electrons. The number of aromatic nitrogens is 1. The van der Waals surface area contributed by atoms with Crippen molar-refractivity contribution >= 4 is 46.4 Å². The van der Waals surface area contributed by atoms with Crippen LogP contribution in [0.3, 0.4) is 0 Å². The van der Waals surface area contributed by atoms with E-state index in [1.807, 2.05) is 0 Å². The Balaban J connectivity index is 2.43. The molecule has 12 heteroatoms. The maximum atomic E-state index is 13.2. The SMILES string of the molecule is CNC(=O)/C(=N/OC)c1ccccc1COc1nc(Cl)c(Cl)c(C(F)(F)F)c1Cl. The predicted octanol–water partition coefficient (Wildman–Crippen LogP) is 4.74. The van der Waals surface area contributed by atoms with Gasteiger partial charge in [0.2, 0.25) is 5.88 Å². The minimum Gasteiger partial charge on any atom is -0.472 e. The second kappa shape index (κ2) is 9.51. The third-order valence-electron chi connectivity index (χ3n) is 3.55. The molecule has 1 aromatic carbocycles. The number of carbonyl (C=O) groups is 1. The lowest BCUT2D eigenvalue weighted by Crippen LogP contribution is -2.29. The lowest BCUT2D eigenvalue weighted by Gasteiger charge is -2.16. The van der Waals surface area contributed by atoms with E-state index in [1.165, 1.54) is 14.2 Å². The van der Waals surface area contributed by atoms with Gasteiger partial charge in [-0.25, -0.2) is 0 Å². The van der Waals surface area contributed by atoms with Crippen molar-refractivity contribution in [2.45, 2.75) is 12.8 Å². The molecule has 0 aliphatic carbocycles. The highest BCUT2D eigenvalue weighted by Gasteiger charge is 2.39. The van der Waals surface area contributed by atoms with Crippen molar-refractivity contribution in [2.24, 2.45) is 5.16 Å². The third-order valence-corrected chi connectivity index (χ3v) is 4.64. The molecule has 1 aromatic heterocycles. The average molecular weight is 471 g/mol. The van der Waals surface area contributed by atoms with Gasteiger partial charge in [-0.15, -0.1) is 0 Å². The Morgan fingerprint density at radius 1 is 1.21 bits per heavy atom. The summed E-state index contributed by atoms with van der Waals surface area (Å²) >= 11 is 17.1. The summed E-state index contributed by atoms with van der Waals surface area (Å²) in [5.74, 6) is -1.10. The minimum atomic E-state index is -4.87. The minimum absolute atomic E-state index is 0.0571. The van der Waals surface area contributed by atoms with Crippen LogP contribution in [0, 0.1) is 0 Å². The Bertz CT molecular complexity index is 953. The first-order chi connectivity index (χ1) is 13.6. The van der Waals surface area contributed by atoms with Crippen molar-refractivity contribution in [1.29, 1.82) is 0 Å². The quantitative estimate of drug-likeness (QED) is 0.376. The Morgan fingerprint density at radius 3 is 2.45 bits per heavy atom. The van der Waals surface area contributed by atoms with Crippen LogP contribution in [-0.4, -0.2) is 30.8 Å². The van der Waals surface area contributed by atoms with Gasteiger partial charge in [0, 0.05) is 12.6 Å². The summed E-state index contributed by atoms with van der Waals surface area (Å²) in [5.41, 5.74) is -0.667. The number of hydrogen-bond donors (Lipinski definition) is 1. The van der Waals surface area contributed by atoms with E-state index >= 15 is 0 Å². The summed E-state index contributed by atoms with van der Waals surface area (Å²) in [5, 5.41) is 3.83. The summed E-state index contributed by atoms with van der Waals surface area (Å²) in [6, 6.07) is 6.43. The van der Waals surface area contributed by atoms with E-state index in [9.17, 15) is 18.0 Å². The third kappa shape index (κ3) is 5.23. The molecule has 1 heterocycles. The molecule has 29 heavy (non-hydrogen) atoms. The average Bonchev–Trinajstić information content (AvgIpc) is 2.66. The van der Waals surface area contributed by atoms with Gasteiger partial charge in [0.1, 0.15) is 24.3 Å². The number of pyridine rings is 1. The Morgan fingerprint density at radius 2 is 1.86 bits per heavy atom. The van der Waals surface area contributed by atoms with E-state index in [-0.39, 0.29) is 12.3 Å². The zero-order chi connectivity index (χ0) is 21.8. The molecular formula is C17H13Cl3F3N3O3. The molecule has 0 aliphatic heterocycles. The van der Waals surface area contributed by atoms with E-state index in [2.05, 4.69) is 15.5 Å². The van der Waals surface area contributed by atoms with Crippen molar-refractivity contribution in [3.05, 3.63) is 56.2 Å². The summed E-state index contributed by atoms with van der Waals surface area (Å²) in [7, 11) is 2.67. The fraction of sp³-hybridized carbons (Fsp3) is 0.235. The molecule has 0 unspecified atom stereocenters. The summed E-state index contributed by atoms with van der Waals surface area (Å²) < 4.78 is 45.1. The highest BCUT2D eigenvalue weighted by Crippen LogP contribution is 2.45. The van der Waals surface area contributed by atoms with Crippen LogP contribution in [0.4, 0.5) is 13.2 Å². The summed E-state index contributed by atoms with van der Waals surface area (Å²) in [6.45, 7) is -0.294. The zero-order valence-corrected chi connectivity index (χ0v) is 17.2. The number of nitrogens with zero attached hydrogens (tertiary/aromatic N) is 2. The standard InChI is InChI=1S/C17H13Cl3F3N3O3/c1-24-15(27)13(26-28-2)9-6-4-3-5-8(9)7-29-16-12(19)10(17(21,22)23)11(18)14(20)25-16/h3-6H,7H2,1-2H3,(H,24,27)/b26-13+. The molecule has 0 saturated carbocycles. The van der Waals surface area contributed by atoms with Crippen LogP contribution >= 0.6 is 34.8 Å². The number of halogens is 6. The van der Waals surface area contributed by atoms with Gasteiger partial charge in [0.05, 0.1) is 5.02 Å². The molecule has 0 radical (unpaired) electrons. The number of alkyl halides is 3. The van der Waals surface area contributed by atoms with Crippen molar-refractivity contribution in [3.63, 3.8) is 0 Å². The summed E-state index contributed by atoms with van der Waals surface area (Å²) in [6.07, 6.45) is -4.87. The first-order valence-corrected chi connectivity index (χ1v) is 8.91. The van der Waals surface area contributed by atoms with Crippen molar-refractivity contribution in [3.8, 4) is 5.88 Å². The van der Waals surface area contributed by atoms with Gasteiger partial charge in [-0.3, -0.25) is 4.79 Å². The molecule has 2 rings (SSSR count). The number of ether oxygens (including phenoxy) is 1. The van der Waals surface area contributed by atoms with Gasteiger partial charge in [-0.05, 0) is 5.56 Å². The van der Waals surface area contributed by atoms with E-state index in [0.29, 0.717) is 11.1 Å². The zero-order valence-electron chi connectivity index (χ0n) is 14.9. The smallest absolute Gasteiger partial charge is 0.419 e. The molecule has 0 saturated heterocycles. The molecule has 6 nitrogen and oxygen atoms in total. The van der Waals surface area contributed by atoms with Gasteiger partial charge in [0.25, 0.3) is 5.91 Å². The molecular weight excluding hydrogens is 458 g/mol. The van der Waals surface area contributed by atoms with Crippen molar-refractivity contribution < 1.29 is 27.5 Å². The lowest BCUT2D eigenvalue weighted by atomic mass is 10.0. The first-order valence-electron chi connectivity index (χ1n) is 7.77. The number of oxime groups is 1. The number of nitrogens with one attached hydrogen (secondary N) is 1. The topological polar surface area (TPSA) is 72.8 Å². The van der Waals surface area contributed by atoms with Crippen molar-refractivity contribution in [2.75, 3.05) is 14.2 Å². The van der Waals surface area contributed by atoms with Crippen LogP contribution in [0.5, 0.6) is 5.88 Å². The first kappa shape index (κ1) is 23.1. The predicted molar refractivity (Wildman–Crippen MR) is 103 cm³/mol. The maximum absolute atomic E-state index is 13.2.